The van der Waals surface area contributed by atoms with Crippen molar-refractivity contribution >= 4 is 63.2 Å². The topological polar surface area (TPSA) is 244 Å². The average Bonchev–Trinajstić information content (AvgIpc) is 4.28. The number of thiophene rings is 1. The molecule has 26 heteroatoms. The first-order valence-corrected chi connectivity index (χ1v) is 26.0. The maximum atomic E-state index is 14.9. The minimum Gasteiger partial charge on any atom is -0.391 e. The fourth-order valence-corrected chi connectivity index (χ4v) is 9.80. The van der Waals surface area contributed by atoms with E-state index in [2.05, 4.69) is 49.3 Å². The van der Waals surface area contributed by atoms with Gasteiger partial charge in [0.25, 0.3) is 0 Å². The number of hydrogen-bond acceptors (Lipinski definition) is 15. The molecular formula is C52H58ClF3N12O9S. The second kappa shape index (κ2) is 25.0. The van der Waals surface area contributed by atoms with Crippen LogP contribution in [-0.2, 0) is 61.8 Å². The van der Waals surface area contributed by atoms with E-state index in [1.807, 2.05) is 29.6 Å². The van der Waals surface area contributed by atoms with Crippen LogP contribution in [0.15, 0.2) is 82.0 Å². The fraction of sp³-hybridized carbons (Fsp3) is 0.404. The number of hydrogen-bond donors (Lipinski definition) is 4. The first kappa shape index (κ1) is 56.9. The highest BCUT2D eigenvalue weighted by Gasteiger charge is 2.44. The Morgan fingerprint density at radius 2 is 1.63 bits per heavy atom. The van der Waals surface area contributed by atoms with Gasteiger partial charge in [0, 0.05) is 54.6 Å². The number of aliphatic hydroxyl groups is 1. The molecule has 21 nitrogen and oxygen atoms in total. The molecule has 4 N–H and O–H groups in total. The second-order valence-electron chi connectivity index (χ2n) is 19.7. The van der Waals surface area contributed by atoms with Gasteiger partial charge in [0.2, 0.25) is 23.7 Å². The normalized spacial score (nSPS) is 15.0. The Morgan fingerprint density at radius 3 is 2.35 bits per heavy atom. The van der Waals surface area contributed by atoms with Crippen molar-refractivity contribution < 1.29 is 46.9 Å². The molecule has 0 saturated carbocycles. The molecule has 0 unspecified atom stereocenters. The Balaban J connectivity index is 0.763. The van der Waals surface area contributed by atoms with Crippen LogP contribution in [0.2, 0.25) is 5.02 Å². The van der Waals surface area contributed by atoms with Crippen molar-refractivity contribution in [1.29, 1.82) is 0 Å². The average molecular weight is 1120 g/mol. The number of aromatic nitrogens is 8. The minimum absolute atomic E-state index is 0.0571. The summed E-state index contributed by atoms with van der Waals surface area (Å²) in [5.41, 5.74) is 0.985. The number of halogens is 4. The first-order valence-electron chi connectivity index (χ1n) is 24.8. The standard InChI is InChI=1S/C52H58ClF3N12O9S/c1-30-10-17-78-45(30)32-8-6-31(7-9-32)23-57-47(71)43-20-36(69)28-66(43)48(72)46(52(2,3)4)59-44(70)29-77-16-15-76-14-13-75-12-11-65-26-35(61-63-65)27-68-50(73)60-49(58-42-19-34-24-64(5)62-41(34)21-37(42)53)67(51(68)74)25-33-18-39(55)40(56)22-38(33)54/h6-10,17-19,21-22,24,26,36,43,46,69H,11-16,20,23,25,27-29H2,1-5H3,(H,57,71)(H,59,70)(H,58,60,73)/t36-,43+,46-/m1/s1. The number of likely N-dealkylation sites (tertiary alicyclic amines) is 1. The summed E-state index contributed by atoms with van der Waals surface area (Å²) in [5.74, 6) is -5.70. The largest absolute Gasteiger partial charge is 0.391 e. The quantitative estimate of drug-likeness (QED) is 0.0502. The Bertz CT molecular complexity index is 3410. The Kier molecular flexibility index (Phi) is 18.2. The van der Waals surface area contributed by atoms with E-state index in [1.54, 1.807) is 62.2 Å². The summed E-state index contributed by atoms with van der Waals surface area (Å²) < 4.78 is 64.3. The molecule has 7 aromatic rings. The van der Waals surface area contributed by atoms with Crippen LogP contribution >= 0.6 is 22.9 Å². The van der Waals surface area contributed by atoms with Gasteiger partial charge in [-0.3, -0.25) is 23.6 Å². The second-order valence-corrected chi connectivity index (χ2v) is 21.0. The molecule has 0 aliphatic carbocycles. The molecule has 8 rings (SSSR count). The minimum atomic E-state index is -1.42. The van der Waals surface area contributed by atoms with Crippen LogP contribution in [0.5, 0.6) is 0 Å². The molecule has 0 bridgehead atoms. The monoisotopic (exact) mass is 1120 g/mol. The number of nitrogens with zero attached hydrogens (tertiary/aromatic N) is 9. The smallest absolute Gasteiger partial charge is 0.355 e. The van der Waals surface area contributed by atoms with Gasteiger partial charge in [-0.25, -0.2) is 32.0 Å². The van der Waals surface area contributed by atoms with Gasteiger partial charge in [-0.1, -0.05) is 61.9 Å². The van der Waals surface area contributed by atoms with Crippen LogP contribution < -0.4 is 27.3 Å². The maximum Gasteiger partial charge on any atom is 0.355 e. The number of β-amino-alcohol motifs (C(OH)–C–C–N with tert-alkyl or cyclic N) is 1. The lowest BCUT2D eigenvalue weighted by Crippen LogP contribution is -2.58. The van der Waals surface area contributed by atoms with E-state index in [0.717, 1.165) is 20.3 Å². The predicted molar refractivity (Wildman–Crippen MR) is 283 cm³/mol. The van der Waals surface area contributed by atoms with E-state index < -0.39 is 88.8 Å². The highest BCUT2D eigenvalue weighted by molar-refractivity contribution is 7.13. The number of anilines is 2. The van der Waals surface area contributed by atoms with Gasteiger partial charge in [0.15, 0.2) is 11.6 Å². The molecule has 78 heavy (non-hydrogen) atoms. The Labute approximate surface area is 453 Å². The van der Waals surface area contributed by atoms with Gasteiger partial charge < -0.3 is 40.2 Å². The molecule has 3 aromatic carbocycles. The highest BCUT2D eigenvalue weighted by atomic mass is 35.5. The number of benzene rings is 3. The third kappa shape index (κ3) is 14.1. The molecule has 3 amide bonds. The number of aliphatic hydroxyl groups excluding tert-OH is 1. The van der Waals surface area contributed by atoms with E-state index in [1.165, 1.54) is 26.2 Å². The van der Waals surface area contributed by atoms with Gasteiger partial charge >= 0.3 is 11.4 Å². The number of aryl methyl sites for hydroxylation is 2. The molecule has 1 saturated heterocycles. The van der Waals surface area contributed by atoms with Crippen LogP contribution in [0, 0.1) is 29.8 Å². The van der Waals surface area contributed by atoms with Crippen LogP contribution in [-0.4, -0.2) is 131 Å². The Morgan fingerprint density at radius 1 is 0.910 bits per heavy atom. The third-order valence-corrected chi connectivity index (χ3v) is 14.1. The fourth-order valence-electron chi connectivity index (χ4n) is 8.66. The zero-order valence-corrected chi connectivity index (χ0v) is 44.9. The lowest BCUT2D eigenvalue weighted by molar-refractivity contribution is -0.144. The van der Waals surface area contributed by atoms with E-state index >= 15 is 0 Å². The van der Waals surface area contributed by atoms with Crippen LogP contribution in [0.1, 0.15) is 49.6 Å². The molecule has 4 aromatic heterocycles. The lowest BCUT2D eigenvalue weighted by atomic mass is 9.85. The highest BCUT2D eigenvalue weighted by Crippen LogP contribution is 2.31. The molecule has 414 valence electrons. The SMILES string of the molecule is Cc1ccsc1-c1ccc(CNC(=O)[C@@H]2C[C@@H](O)CN2C(=O)[C@@H](NC(=O)COCCOCCOCCn2cc(Cn3c(=O)nc(Nc4cc5cn(C)nc5cc4Cl)n(Cc4cc(F)c(F)cc4F)c3=O)nn2)C(C)(C)C)cc1. The molecule has 5 heterocycles. The van der Waals surface area contributed by atoms with Crippen LogP contribution in [0.3, 0.4) is 0 Å². The number of fused-ring (bicyclic) bond motifs is 1. The number of ether oxygens (including phenoxy) is 3. The molecule has 0 spiro atoms. The number of carbonyl (C=O) groups excluding carboxylic acids is 3. The van der Waals surface area contributed by atoms with E-state index in [0.29, 0.717) is 23.0 Å². The summed E-state index contributed by atoms with van der Waals surface area (Å²) >= 11 is 8.16. The van der Waals surface area contributed by atoms with Crippen LogP contribution in [0.25, 0.3) is 21.3 Å². The molecule has 1 aliphatic rings. The van der Waals surface area contributed by atoms with E-state index in [4.69, 9.17) is 25.8 Å². The predicted octanol–water partition coefficient (Wildman–Crippen LogP) is 4.69. The lowest BCUT2D eigenvalue weighted by Gasteiger charge is -2.35. The van der Waals surface area contributed by atoms with Crippen molar-refractivity contribution in [1.82, 2.24) is 54.4 Å². The molecule has 0 radical (unpaired) electrons. The first-order chi connectivity index (χ1) is 37.2. The van der Waals surface area contributed by atoms with Gasteiger partial charge in [-0.15, -0.1) is 16.4 Å². The number of nitrogens with one attached hydrogen (secondary N) is 3. The summed E-state index contributed by atoms with van der Waals surface area (Å²) in [5, 5.41) is 34.3. The molecule has 3 atom stereocenters. The van der Waals surface area contributed by atoms with Crippen molar-refractivity contribution in [3.63, 3.8) is 0 Å². The third-order valence-electron chi connectivity index (χ3n) is 12.7. The summed E-state index contributed by atoms with van der Waals surface area (Å²) in [7, 11) is 1.71. The zero-order valence-electron chi connectivity index (χ0n) is 43.3. The van der Waals surface area contributed by atoms with Crippen molar-refractivity contribution in [3.8, 4) is 10.4 Å². The number of carbonyl (C=O) groups is 3. The van der Waals surface area contributed by atoms with Crippen molar-refractivity contribution in [2.24, 2.45) is 12.5 Å². The summed E-state index contributed by atoms with van der Waals surface area (Å²) in [6.45, 7) is 7.13. The number of rotatable bonds is 23. The van der Waals surface area contributed by atoms with Crippen molar-refractivity contribution in [3.05, 3.63) is 138 Å². The van der Waals surface area contributed by atoms with Crippen molar-refractivity contribution in [2.45, 2.75) is 78.5 Å². The maximum absolute atomic E-state index is 14.9. The Hall–Kier alpha value is -7.29. The van der Waals surface area contributed by atoms with Gasteiger partial charge in [0.1, 0.15) is 30.2 Å². The molecule has 1 aliphatic heterocycles. The summed E-state index contributed by atoms with van der Waals surface area (Å²) in [6, 6.07) is 12.1. The number of amides is 3. The van der Waals surface area contributed by atoms with Crippen LogP contribution in [0.4, 0.5) is 24.8 Å². The van der Waals surface area contributed by atoms with E-state index in [9.17, 15) is 42.3 Å². The van der Waals surface area contributed by atoms with Gasteiger partial charge in [-0.2, -0.15) is 10.1 Å². The molecular weight excluding hydrogens is 1060 g/mol. The summed E-state index contributed by atoms with van der Waals surface area (Å²) in [6.07, 6.45) is 2.34. The van der Waals surface area contributed by atoms with Gasteiger partial charge in [-0.05, 0) is 58.7 Å². The van der Waals surface area contributed by atoms with Crippen molar-refractivity contribution in [2.75, 3.05) is 51.5 Å². The molecule has 1 fully saturated rings. The summed E-state index contributed by atoms with van der Waals surface area (Å²) in [4.78, 5) is 74.4. The zero-order chi connectivity index (χ0) is 55.8. The van der Waals surface area contributed by atoms with Gasteiger partial charge in [0.05, 0.1) is 81.2 Å². The van der Waals surface area contributed by atoms with E-state index in [-0.39, 0.29) is 88.0 Å².